The second kappa shape index (κ2) is 6.66. The first-order chi connectivity index (χ1) is 8.10. The minimum absolute atomic E-state index is 0.0913. The van der Waals surface area contributed by atoms with Crippen molar-refractivity contribution in [3.63, 3.8) is 0 Å². The van der Waals surface area contributed by atoms with Crippen molar-refractivity contribution >= 4 is 22.4 Å². The summed E-state index contributed by atoms with van der Waals surface area (Å²) in [6.45, 7) is 8.40. The van der Waals surface area contributed by atoms with Crippen LogP contribution in [0.3, 0.4) is 0 Å². The van der Waals surface area contributed by atoms with Crippen molar-refractivity contribution < 1.29 is 9.47 Å². The average Bonchev–Trinajstić information content (AvgIpc) is 2.62. The summed E-state index contributed by atoms with van der Waals surface area (Å²) in [6.07, 6.45) is 0.0913. The zero-order valence-corrected chi connectivity index (χ0v) is 11.7. The lowest BCUT2D eigenvalue weighted by atomic mass is 10.4. The number of nitrogen functional groups attached to an aromatic ring is 1. The number of ether oxygens (including phenoxy) is 2. The van der Waals surface area contributed by atoms with E-state index in [-0.39, 0.29) is 6.10 Å². The Morgan fingerprint density at radius 3 is 2.71 bits per heavy atom. The highest BCUT2D eigenvalue weighted by Gasteiger charge is 2.19. The lowest BCUT2D eigenvalue weighted by molar-refractivity contribution is 0.205. The summed E-state index contributed by atoms with van der Waals surface area (Å²) in [5, 5.41) is 0.982. The molecule has 1 rings (SSSR count). The Morgan fingerprint density at radius 2 is 2.18 bits per heavy atom. The Kier molecular flexibility index (Phi) is 5.50. The van der Waals surface area contributed by atoms with Gasteiger partial charge >= 0.3 is 0 Å². The van der Waals surface area contributed by atoms with Gasteiger partial charge in [-0.05, 0) is 32.3 Å². The number of hydrogen-bond acceptors (Lipinski definition) is 6. The molecule has 0 radical (unpaired) electrons. The fraction of sp³-hybridized carbons (Fsp3) is 0.727. The van der Waals surface area contributed by atoms with Crippen LogP contribution < -0.4 is 15.4 Å². The van der Waals surface area contributed by atoms with Crippen molar-refractivity contribution in [1.82, 2.24) is 4.37 Å². The van der Waals surface area contributed by atoms with Gasteiger partial charge in [-0.2, -0.15) is 4.37 Å². The lowest BCUT2D eigenvalue weighted by Crippen LogP contribution is -2.26. The molecular formula is C11H21N3O2S. The van der Waals surface area contributed by atoms with E-state index in [1.54, 1.807) is 7.11 Å². The first kappa shape index (κ1) is 14.1. The summed E-state index contributed by atoms with van der Waals surface area (Å²) in [4.78, 5) is 2.16. The molecular weight excluding hydrogens is 238 g/mol. The zero-order chi connectivity index (χ0) is 12.8. The number of methoxy groups -OCH3 is 1. The normalized spacial score (nSPS) is 10.9. The number of nitrogens with zero attached hydrogens (tertiary/aromatic N) is 2. The van der Waals surface area contributed by atoms with Gasteiger partial charge in [0.2, 0.25) is 0 Å². The molecule has 1 heterocycles. The first-order valence-corrected chi connectivity index (χ1v) is 6.53. The molecule has 1 aromatic heterocycles. The van der Waals surface area contributed by atoms with Gasteiger partial charge in [-0.15, -0.1) is 0 Å². The molecule has 0 aliphatic rings. The van der Waals surface area contributed by atoms with E-state index in [0.717, 1.165) is 18.1 Å². The number of likely N-dealkylation sites (N-methyl/N-ethyl adjacent to an activating group) is 1. The maximum absolute atomic E-state index is 5.83. The Morgan fingerprint density at radius 1 is 1.47 bits per heavy atom. The summed E-state index contributed by atoms with van der Waals surface area (Å²) in [5.74, 6) is 1.16. The highest BCUT2D eigenvalue weighted by molar-refractivity contribution is 7.11. The standard InChI is InChI=1S/C11H21N3O2S/c1-5-14(6-7-15-4)11-9(16-8(2)3)10(12)13-17-11/h8H,5-7H2,1-4H3,(H2,12,13). The van der Waals surface area contributed by atoms with Gasteiger partial charge in [0.15, 0.2) is 16.6 Å². The predicted molar refractivity (Wildman–Crippen MR) is 72.1 cm³/mol. The molecule has 0 aliphatic heterocycles. The topological polar surface area (TPSA) is 60.6 Å². The Balaban J connectivity index is 2.86. The van der Waals surface area contributed by atoms with Gasteiger partial charge in [0.1, 0.15) is 0 Å². The van der Waals surface area contributed by atoms with E-state index in [2.05, 4.69) is 16.2 Å². The first-order valence-electron chi connectivity index (χ1n) is 5.75. The van der Waals surface area contributed by atoms with E-state index < -0.39 is 0 Å². The van der Waals surface area contributed by atoms with Crippen LogP contribution in [0.2, 0.25) is 0 Å². The van der Waals surface area contributed by atoms with Crippen molar-refractivity contribution in [2.24, 2.45) is 0 Å². The second-order valence-corrected chi connectivity index (χ2v) is 4.69. The van der Waals surface area contributed by atoms with Crippen molar-refractivity contribution in [2.75, 3.05) is 37.4 Å². The summed E-state index contributed by atoms with van der Waals surface area (Å²) >= 11 is 1.37. The van der Waals surface area contributed by atoms with Crippen LogP contribution in [-0.4, -0.2) is 37.3 Å². The molecule has 0 aliphatic carbocycles. The lowest BCUT2D eigenvalue weighted by Gasteiger charge is -2.22. The molecule has 0 amide bonds. The third kappa shape index (κ3) is 3.74. The molecule has 0 saturated heterocycles. The molecule has 0 saturated carbocycles. The van der Waals surface area contributed by atoms with Crippen LogP contribution in [0.4, 0.5) is 10.8 Å². The molecule has 0 bridgehead atoms. The highest BCUT2D eigenvalue weighted by Crippen LogP contribution is 2.38. The SMILES string of the molecule is CCN(CCOC)c1snc(N)c1OC(C)C. The molecule has 0 atom stereocenters. The minimum Gasteiger partial charge on any atom is -0.484 e. The molecule has 0 unspecified atom stereocenters. The molecule has 98 valence electrons. The van der Waals surface area contributed by atoms with Gasteiger partial charge in [0.05, 0.1) is 12.7 Å². The maximum atomic E-state index is 5.83. The second-order valence-electron chi connectivity index (χ2n) is 3.94. The van der Waals surface area contributed by atoms with Crippen LogP contribution in [0.5, 0.6) is 5.75 Å². The van der Waals surface area contributed by atoms with Crippen LogP contribution in [0, 0.1) is 0 Å². The number of rotatable bonds is 7. The maximum Gasteiger partial charge on any atom is 0.198 e. The number of nitrogens with two attached hydrogens (primary N) is 1. The summed E-state index contributed by atoms with van der Waals surface area (Å²) in [5.41, 5.74) is 5.83. The van der Waals surface area contributed by atoms with E-state index in [9.17, 15) is 0 Å². The van der Waals surface area contributed by atoms with Crippen molar-refractivity contribution in [3.05, 3.63) is 0 Å². The van der Waals surface area contributed by atoms with E-state index in [0.29, 0.717) is 18.2 Å². The van der Waals surface area contributed by atoms with Gasteiger partial charge in [0.25, 0.3) is 0 Å². The van der Waals surface area contributed by atoms with E-state index >= 15 is 0 Å². The van der Waals surface area contributed by atoms with E-state index in [1.807, 2.05) is 13.8 Å². The van der Waals surface area contributed by atoms with Gasteiger partial charge in [0, 0.05) is 20.2 Å². The fourth-order valence-corrected chi connectivity index (χ4v) is 2.28. The molecule has 1 aromatic rings. The minimum atomic E-state index is 0.0913. The molecule has 5 nitrogen and oxygen atoms in total. The highest BCUT2D eigenvalue weighted by atomic mass is 32.1. The van der Waals surface area contributed by atoms with Gasteiger partial charge in [-0.1, -0.05) is 0 Å². The van der Waals surface area contributed by atoms with Gasteiger partial charge in [-0.25, -0.2) is 0 Å². The van der Waals surface area contributed by atoms with Crippen LogP contribution in [0.1, 0.15) is 20.8 Å². The van der Waals surface area contributed by atoms with Crippen LogP contribution >= 0.6 is 11.5 Å². The zero-order valence-electron chi connectivity index (χ0n) is 10.9. The Labute approximate surface area is 107 Å². The van der Waals surface area contributed by atoms with E-state index in [1.165, 1.54) is 11.5 Å². The van der Waals surface area contributed by atoms with Crippen LogP contribution in [-0.2, 0) is 4.74 Å². The molecule has 6 heteroatoms. The summed E-state index contributed by atoms with van der Waals surface area (Å²) < 4.78 is 15.0. The van der Waals surface area contributed by atoms with Crippen molar-refractivity contribution in [1.29, 1.82) is 0 Å². The molecule has 0 spiro atoms. The van der Waals surface area contributed by atoms with E-state index in [4.69, 9.17) is 15.2 Å². The molecule has 0 aromatic carbocycles. The van der Waals surface area contributed by atoms with Crippen LogP contribution in [0.25, 0.3) is 0 Å². The number of anilines is 2. The third-order valence-corrected chi connectivity index (χ3v) is 3.15. The number of hydrogen-bond donors (Lipinski definition) is 1. The quantitative estimate of drug-likeness (QED) is 0.811. The molecule has 17 heavy (non-hydrogen) atoms. The third-order valence-electron chi connectivity index (χ3n) is 2.25. The fourth-order valence-electron chi connectivity index (χ4n) is 1.44. The van der Waals surface area contributed by atoms with Gasteiger partial charge < -0.3 is 20.1 Å². The average molecular weight is 259 g/mol. The number of aromatic nitrogens is 1. The van der Waals surface area contributed by atoms with Crippen molar-refractivity contribution in [3.8, 4) is 5.75 Å². The monoisotopic (exact) mass is 259 g/mol. The van der Waals surface area contributed by atoms with Crippen LogP contribution in [0.15, 0.2) is 0 Å². The summed E-state index contributed by atoms with van der Waals surface area (Å²) in [7, 11) is 1.69. The smallest absolute Gasteiger partial charge is 0.198 e. The summed E-state index contributed by atoms with van der Waals surface area (Å²) in [6, 6.07) is 0. The Hall–Kier alpha value is -1.01. The largest absolute Gasteiger partial charge is 0.484 e. The predicted octanol–water partition coefficient (Wildman–Crippen LogP) is 1.99. The van der Waals surface area contributed by atoms with Crippen molar-refractivity contribution in [2.45, 2.75) is 26.9 Å². The van der Waals surface area contributed by atoms with Gasteiger partial charge in [-0.3, -0.25) is 0 Å². The Bertz CT molecular complexity index is 341. The molecule has 2 N–H and O–H groups in total. The molecule has 0 fully saturated rings.